The maximum atomic E-state index is 4.72. The zero-order valence-electron chi connectivity index (χ0n) is 13.3. The number of hydrogen-bond acceptors (Lipinski definition) is 3. The molecule has 0 aliphatic heterocycles. The van der Waals surface area contributed by atoms with Crippen LogP contribution in [0.25, 0.3) is 16.9 Å². The van der Waals surface area contributed by atoms with Gasteiger partial charge in [0.1, 0.15) is 11.3 Å². The molecule has 4 heteroatoms. The lowest BCUT2D eigenvalue weighted by atomic mass is 10.1. The summed E-state index contributed by atoms with van der Waals surface area (Å²) in [6, 6.07) is 24.0. The average molecular weight is 312 g/mol. The van der Waals surface area contributed by atoms with Crippen molar-refractivity contribution >= 4 is 17.2 Å². The number of nitrogens with zero attached hydrogens (tertiary/aromatic N) is 4. The molecule has 0 unspecified atom stereocenters. The van der Waals surface area contributed by atoms with Crippen LogP contribution in [0.5, 0.6) is 0 Å². The first kappa shape index (κ1) is 14.3. The highest BCUT2D eigenvalue weighted by atomic mass is 15.2. The van der Waals surface area contributed by atoms with Crippen molar-refractivity contribution in [3.05, 3.63) is 84.6 Å². The van der Waals surface area contributed by atoms with E-state index in [0.717, 1.165) is 34.0 Å². The summed E-state index contributed by atoms with van der Waals surface area (Å²) in [5.41, 5.74) is 4.71. The van der Waals surface area contributed by atoms with E-state index in [1.54, 1.807) is 0 Å². The van der Waals surface area contributed by atoms with Gasteiger partial charge in [-0.1, -0.05) is 48.5 Å². The number of hydrogen-bond donors (Lipinski definition) is 0. The average Bonchev–Trinajstić information content (AvgIpc) is 2.99. The van der Waals surface area contributed by atoms with E-state index in [2.05, 4.69) is 10.2 Å². The van der Waals surface area contributed by atoms with Crippen LogP contribution in [0.15, 0.2) is 89.2 Å². The molecule has 0 saturated carbocycles. The maximum Gasteiger partial charge on any atom is 0.187 e. The molecule has 4 nitrogen and oxygen atoms in total. The number of rotatable bonds is 3. The molecule has 0 bridgehead atoms. The van der Waals surface area contributed by atoms with Crippen LogP contribution in [0.4, 0.5) is 11.5 Å². The van der Waals surface area contributed by atoms with Gasteiger partial charge in [-0.05, 0) is 36.8 Å². The Morgan fingerprint density at radius 3 is 2.50 bits per heavy atom. The molecule has 0 aliphatic rings. The van der Waals surface area contributed by atoms with Gasteiger partial charge >= 0.3 is 0 Å². The predicted molar refractivity (Wildman–Crippen MR) is 96.0 cm³/mol. The Hall–Kier alpha value is -3.27. The minimum absolute atomic E-state index is 0.735. The minimum Gasteiger partial charge on any atom is -0.283 e. The predicted octanol–water partition coefficient (Wildman–Crippen LogP) is 5.73. The summed E-state index contributed by atoms with van der Waals surface area (Å²) in [4.78, 5) is 4.72. The molecule has 116 valence electrons. The summed E-state index contributed by atoms with van der Waals surface area (Å²) in [6.07, 6.45) is 1.96. The molecule has 0 radical (unpaired) electrons. The second-order valence-corrected chi connectivity index (χ2v) is 5.62. The van der Waals surface area contributed by atoms with Gasteiger partial charge in [0, 0.05) is 11.8 Å². The van der Waals surface area contributed by atoms with Crippen LogP contribution in [0.1, 0.15) is 5.56 Å². The molecule has 4 aromatic rings. The molecule has 2 aromatic carbocycles. The summed E-state index contributed by atoms with van der Waals surface area (Å²) < 4.78 is 1.96. The van der Waals surface area contributed by atoms with E-state index < -0.39 is 0 Å². The summed E-state index contributed by atoms with van der Waals surface area (Å²) >= 11 is 0. The Balaban J connectivity index is 1.87. The quantitative estimate of drug-likeness (QED) is 0.446. The standard InChI is InChI=1S/C20H16N4/c1-15-8-7-11-17(14-15)22-23-20-19(16-9-3-2-4-10-16)21-18-12-5-6-13-24(18)20/h2-14H,1H3. The van der Waals surface area contributed by atoms with Crippen molar-refractivity contribution in [3.8, 4) is 11.3 Å². The van der Waals surface area contributed by atoms with Gasteiger partial charge in [-0.2, -0.15) is 0 Å². The van der Waals surface area contributed by atoms with Crippen molar-refractivity contribution in [1.29, 1.82) is 0 Å². The van der Waals surface area contributed by atoms with Crippen LogP contribution >= 0.6 is 0 Å². The second kappa shape index (κ2) is 6.08. The van der Waals surface area contributed by atoms with Gasteiger partial charge < -0.3 is 0 Å². The molecule has 0 N–H and O–H groups in total. The highest BCUT2D eigenvalue weighted by molar-refractivity contribution is 5.74. The van der Waals surface area contributed by atoms with E-state index in [4.69, 9.17) is 4.98 Å². The van der Waals surface area contributed by atoms with Crippen LogP contribution < -0.4 is 0 Å². The number of azo groups is 1. The zero-order chi connectivity index (χ0) is 16.4. The van der Waals surface area contributed by atoms with Crippen molar-refractivity contribution < 1.29 is 0 Å². The largest absolute Gasteiger partial charge is 0.283 e. The van der Waals surface area contributed by atoms with E-state index in [0.29, 0.717) is 0 Å². The SMILES string of the molecule is Cc1cccc(N=Nc2c(-c3ccccc3)nc3ccccn23)c1. The Morgan fingerprint density at radius 1 is 0.833 bits per heavy atom. The number of aromatic nitrogens is 2. The molecular formula is C20H16N4. The first-order valence-electron chi connectivity index (χ1n) is 7.82. The molecular weight excluding hydrogens is 296 g/mol. The molecule has 4 rings (SSSR count). The van der Waals surface area contributed by atoms with Crippen LogP contribution in [0, 0.1) is 6.92 Å². The maximum absolute atomic E-state index is 4.72. The summed E-state index contributed by atoms with van der Waals surface area (Å²) in [7, 11) is 0. The highest BCUT2D eigenvalue weighted by Gasteiger charge is 2.13. The van der Waals surface area contributed by atoms with Crippen molar-refractivity contribution in [2.75, 3.05) is 0 Å². The van der Waals surface area contributed by atoms with Crippen molar-refractivity contribution in [1.82, 2.24) is 9.38 Å². The van der Waals surface area contributed by atoms with Crippen LogP contribution in [-0.4, -0.2) is 9.38 Å². The fourth-order valence-electron chi connectivity index (χ4n) is 2.66. The third-order valence-corrected chi connectivity index (χ3v) is 3.81. The number of imidazole rings is 1. The molecule has 0 aliphatic carbocycles. The molecule has 0 amide bonds. The number of pyridine rings is 1. The summed E-state index contributed by atoms with van der Waals surface area (Å²) in [5.74, 6) is 0.735. The molecule has 0 saturated heterocycles. The molecule has 2 heterocycles. The Kier molecular flexibility index (Phi) is 3.63. The van der Waals surface area contributed by atoms with Crippen LogP contribution in [0.3, 0.4) is 0 Å². The van der Waals surface area contributed by atoms with E-state index in [1.807, 2.05) is 90.3 Å². The first-order valence-corrected chi connectivity index (χ1v) is 7.82. The lowest BCUT2D eigenvalue weighted by Crippen LogP contribution is -1.81. The smallest absolute Gasteiger partial charge is 0.187 e. The van der Waals surface area contributed by atoms with Gasteiger partial charge in [0.15, 0.2) is 5.82 Å². The third kappa shape index (κ3) is 2.70. The van der Waals surface area contributed by atoms with Crippen molar-refractivity contribution in [2.45, 2.75) is 6.92 Å². The van der Waals surface area contributed by atoms with Gasteiger partial charge in [-0.25, -0.2) is 4.98 Å². The number of aryl methyl sites for hydroxylation is 1. The topological polar surface area (TPSA) is 42.0 Å². The zero-order valence-corrected chi connectivity index (χ0v) is 13.3. The monoisotopic (exact) mass is 312 g/mol. The lowest BCUT2D eigenvalue weighted by molar-refractivity contribution is 1.10. The Bertz CT molecular complexity index is 1020. The van der Waals surface area contributed by atoms with Crippen molar-refractivity contribution in [3.63, 3.8) is 0 Å². The fraction of sp³-hybridized carbons (Fsp3) is 0.0500. The van der Waals surface area contributed by atoms with Gasteiger partial charge in [-0.15, -0.1) is 10.2 Å². The molecule has 0 fully saturated rings. The van der Waals surface area contributed by atoms with Gasteiger partial charge in [0.05, 0.1) is 5.69 Å². The summed E-state index contributed by atoms with van der Waals surface area (Å²) in [5, 5.41) is 8.92. The Morgan fingerprint density at radius 2 is 1.67 bits per heavy atom. The summed E-state index contributed by atoms with van der Waals surface area (Å²) in [6.45, 7) is 2.04. The molecule has 0 spiro atoms. The van der Waals surface area contributed by atoms with Gasteiger partial charge in [0.25, 0.3) is 0 Å². The molecule has 2 aromatic heterocycles. The van der Waals surface area contributed by atoms with Gasteiger partial charge in [0.2, 0.25) is 0 Å². The molecule has 24 heavy (non-hydrogen) atoms. The van der Waals surface area contributed by atoms with E-state index in [9.17, 15) is 0 Å². The number of benzene rings is 2. The van der Waals surface area contributed by atoms with E-state index in [1.165, 1.54) is 0 Å². The lowest BCUT2D eigenvalue weighted by Gasteiger charge is -1.99. The fourth-order valence-corrected chi connectivity index (χ4v) is 2.66. The third-order valence-electron chi connectivity index (χ3n) is 3.81. The van der Waals surface area contributed by atoms with Crippen LogP contribution in [-0.2, 0) is 0 Å². The molecule has 0 atom stereocenters. The first-order chi connectivity index (χ1) is 11.8. The van der Waals surface area contributed by atoms with Gasteiger partial charge in [-0.3, -0.25) is 4.40 Å². The van der Waals surface area contributed by atoms with E-state index in [-0.39, 0.29) is 0 Å². The Labute approximate surface area is 140 Å². The second-order valence-electron chi connectivity index (χ2n) is 5.62. The minimum atomic E-state index is 0.735. The van der Waals surface area contributed by atoms with Crippen molar-refractivity contribution in [2.24, 2.45) is 10.2 Å². The van der Waals surface area contributed by atoms with E-state index >= 15 is 0 Å². The normalized spacial score (nSPS) is 11.4. The highest BCUT2D eigenvalue weighted by Crippen LogP contribution is 2.32. The van der Waals surface area contributed by atoms with Crippen LogP contribution in [0.2, 0.25) is 0 Å². The number of fused-ring (bicyclic) bond motifs is 1.